The Labute approximate surface area is 132 Å². The molecule has 0 spiro atoms. The molecule has 0 bridgehead atoms. The first kappa shape index (κ1) is 17.2. The lowest BCUT2D eigenvalue weighted by Gasteiger charge is -2.38. The fraction of sp³-hybridized carbons (Fsp3) is 1.00. The molecular formula is C18H37N3. The van der Waals surface area contributed by atoms with Gasteiger partial charge in [0, 0.05) is 31.7 Å². The zero-order valence-corrected chi connectivity index (χ0v) is 14.9. The van der Waals surface area contributed by atoms with Gasteiger partial charge in [0.05, 0.1) is 0 Å². The van der Waals surface area contributed by atoms with Gasteiger partial charge in [0.15, 0.2) is 0 Å². The molecule has 2 fully saturated rings. The first-order valence-electron chi connectivity index (χ1n) is 9.17. The second kappa shape index (κ2) is 7.94. The Morgan fingerprint density at radius 2 is 1.90 bits per heavy atom. The van der Waals surface area contributed by atoms with Gasteiger partial charge in [-0.1, -0.05) is 27.2 Å². The van der Waals surface area contributed by atoms with Gasteiger partial charge < -0.3 is 15.1 Å². The van der Waals surface area contributed by atoms with Gasteiger partial charge in [0.25, 0.3) is 0 Å². The van der Waals surface area contributed by atoms with Crippen molar-refractivity contribution >= 4 is 0 Å². The smallest absolute Gasteiger partial charge is 0.0254 e. The van der Waals surface area contributed by atoms with Crippen LogP contribution in [-0.2, 0) is 0 Å². The molecule has 0 amide bonds. The van der Waals surface area contributed by atoms with Gasteiger partial charge in [-0.15, -0.1) is 0 Å². The number of hydrogen-bond donors (Lipinski definition) is 1. The summed E-state index contributed by atoms with van der Waals surface area (Å²) in [4.78, 5) is 5.16. The molecule has 21 heavy (non-hydrogen) atoms. The van der Waals surface area contributed by atoms with Crippen molar-refractivity contribution in [1.29, 1.82) is 0 Å². The van der Waals surface area contributed by atoms with Crippen molar-refractivity contribution in [3.05, 3.63) is 0 Å². The molecule has 3 nitrogen and oxygen atoms in total. The van der Waals surface area contributed by atoms with Gasteiger partial charge in [0.1, 0.15) is 0 Å². The average molecular weight is 296 g/mol. The fourth-order valence-electron chi connectivity index (χ4n) is 4.67. The molecule has 2 rings (SSSR count). The maximum absolute atomic E-state index is 3.76. The summed E-state index contributed by atoms with van der Waals surface area (Å²) in [5, 5.41) is 3.76. The highest BCUT2D eigenvalue weighted by Crippen LogP contribution is 2.33. The molecule has 1 aliphatic heterocycles. The van der Waals surface area contributed by atoms with Gasteiger partial charge in [-0.05, 0) is 57.7 Å². The van der Waals surface area contributed by atoms with Crippen molar-refractivity contribution < 1.29 is 0 Å². The molecule has 1 aliphatic carbocycles. The topological polar surface area (TPSA) is 18.5 Å². The SMILES string of the molecule is CCNC1CCC(CC)CC1CN1CC(C)C(N(C)C)C1. The van der Waals surface area contributed by atoms with Crippen LogP contribution in [0.2, 0.25) is 0 Å². The largest absolute Gasteiger partial charge is 0.314 e. The molecule has 5 atom stereocenters. The van der Waals surface area contributed by atoms with E-state index in [1.165, 1.54) is 45.3 Å². The van der Waals surface area contributed by atoms with Crippen LogP contribution in [-0.4, -0.2) is 62.2 Å². The van der Waals surface area contributed by atoms with E-state index < -0.39 is 0 Å². The highest BCUT2D eigenvalue weighted by Gasteiger charge is 2.35. The summed E-state index contributed by atoms with van der Waals surface area (Å²) in [5.41, 5.74) is 0. The van der Waals surface area contributed by atoms with Gasteiger partial charge in [0.2, 0.25) is 0 Å². The third-order valence-corrected chi connectivity index (χ3v) is 5.94. The maximum Gasteiger partial charge on any atom is 0.0254 e. The second-order valence-corrected chi connectivity index (χ2v) is 7.74. The summed E-state index contributed by atoms with van der Waals surface area (Å²) in [6, 6.07) is 1.50. The molecule has 5 unspecified atom stereocenters. The van der Waals surface area contributed by atoms with Gasteiger partial charge in [-0.25, -0.2) is 0 Å². The molecule has 0 aromatic heterocycles. The number of likely N-dealkylation sites (N-methyl/N-ethyl adjacent to an activating group) is 1. The highest BCUT2D eigenvalue weighted by atomic mass is 15.2. The normalized spacial score (nSPS) is 38.3. The standard InChI is InChI=1S/C18H37N3/c1-6-15-8-9-17(19-7-2)16(10-15)12-21-11-14(3)18(13-21)20(4)5/h14-19H,6-13H2,1-5H3. The Balaban J connectivity index is 1.92. The van der Waals surface area contributed by atoms with Gasteiger partial charge in [-0.3, -0.25) is 0 Å². The lowest BCUT2D eigenvalue weighted by molar-refractivity contribution is 0.147. The molecule has 0 aromatic carbocycles. The van der Waals surface area contributed by atoms with E-state index in [0.717, 1.165) is 36.4 Å². The molecule has 1 saturated carbocycles. The molecular weight excluding hydrogens is 258 g/mol. The van der Waals surface area contributed by atoms with Crippen LogP contribution in [0.25, 0.3) is 0 Å². The lowest BCUT2D eigenvalue weighted by atomic mass is 9.76. The summed E-state index contributed by atoms with van der Waals surface area (Å²) < 4.78 is 0. The molecule has 0 aromatic rings. The predicted octanol–water partition coefficient (Wildman–Crippen LogP) is 2.67. The van der Waals surface area contributed by atoms with Crippen LogP contribution < -0.4 is 5.32 Å². The van der Waals surface area contributed by atoms with Crippen molar-refractivity contribution in [2.75, 3.05) is 40.3 Å². The van der Waals surface area contributed by atoms with Crippen LogP contribution in [0.1, 0.15) is 46.5 Å². The third-order valence-electron chi connectivity index (χ3n) is 5.94. The third kappa shape index (κ3) is 4.43. The highest BCUT2D eigenvalue weighted by molar-refractivity contribution is 4.91. The van der Waals surface area contributed by atoms with Crippen LogP contribution in [0, 0.1) is 17.8 Å². The number of nitrogens with zero attached hydrogens (tertiary/aromatic N) is 2. The Morgan fingerprint density at radius 1 is 1.14 bits per heavy atom. The summed E-state index contributed by atoms with van der Waals surface area (Å²) in [6.45, 7) is 12.0. The average Bonchev–Trinajstić information content (AvgIpc) is 2.82. The predicted molar refractivity (Wildman–Crippen MR) is 91.7 cm³/mol. The molecule has 1 heterocycles. The van der Waals surface area contributed by atoms with Crippen molar-refractivity contribution in [2.45, 2.75) is 58.5 Å². The maximum atomic E-state index is 3.76. The van der Waals surface area contributed by atoms with Crippen LogP contribution in [0.3, 0.4) is 0 Å². The van der Waals surface area contributed by atoms with E-state index in [9.17, 15) is 0 Å². The van der Waals surface area contributed by atoms with Gasteiger partial charge >= 0.3 is 0 Å². The summed E-state index contributed by atoms with van der Waals surface area (Å²) in [6.07, 6.45) is 5.62. The quantitative estimate of drug-likeness (QED) is 0.813. The second-order valence-electron chi connectivity index (χ2n) is 7.74. The molecule has 1 saturated heterocycles. The van der Waals surface area contributed by atoms with Crippen molar-refractivity contribution in [1.82, 2.24) is 15.1 Å². The van der Waals surface area contributed by atoms with E-state index in [-0.39, 0.29) is 0 Å². The van der Waals surface area contributed by atoms with E-state index in [4.69, 9.17) is 0 Å². The number of hydrogen-bond acceptors (Lipinski definition) is 3. The lowest BCUT2D eigenvalue weighted by Crippen LogP contribution is -2.45. The summed E-state index contributed by atoms with van der Waals surface area (Å²) >= 11 is 0. The van der Waals surface area contributed by atoms with Crippen LogP contribution in [0.15, 0.2) is 0 Å². The van der Waals surface area contributed by atoms with E-state index in [0.29, 0.717) is 0 Å². The Bertz CT molecular complexity index is 305. The minimum absolute atomic E-state index is 0.744. The molecule has 2 aliphatic rings. The zero-order chi connectivity index (χ0) is 15.4. The fourth-order valence-corrected chi connectivity index (χ4v) is 4.67. The first-order chi connectivity index (χ1) is 10.0. The van der Waals surface area contributed by atoms with Crippen molar-refractivity contribution in [2.24, 2.45) is 17.8 Å². The van der Waals surface area contributed by atoms with Crippen LogP contribution >= 0.6 is 0 Å². The number of likely N-dealkylation sites (tertiary alicyclic amines) is 1. The van der Waals surface area contributed by atoms with Crippen LogP contribution in [0.4, 0.5) is 0 Å². The molecule has 3 heteroatoms. The summed E-state index contributed by atoms with van der Waals surface area (Å²) in [5.74, 6) is 2.63. The first-order valence-corrected chi connectivity index (χ1v) is 9.17. The number of nitrogens with one attached hydrogen (secondary N) is 1. The van der Waals surface area contributed by atoms with Crippen molar-refractivity contribution in [3.63, 3.8) is 0 Å². The van der Waals surface area contributed by atoms with Crippen LogP contribution in [0.5, 0.6) is 0 Å². The molecule has 0 radical (unpaired) electrons. The minimum atomic E-state index is 0.744. The van der Waals surface area contributed by atoms with E-state index in [2.05, 4.69) is 50.0 Å². The monoisotopic (exact) mass is 295 g/mol. The Kier molecular flexibility index (Phi) is 6.51. The van der Waals surface area contributed by atoms with E-state index in [1.807, 2.05) is 0 Å². The molecule has 1 N–H and O–H groups in total. The summed E-state index contributed by atoms with van der Waals surface area (Å²) in [7, 11) is 4.47. The molecule has 124 valence electrons. The minimum Gasteiger partial charge on any atom is -0.314 e. The van der Waals surface area contributed by atoms with E-state index in [1.54, 1.807) is 0 Å². The zero-order valence-electron chi connectivity index (χ0n) is 14.9. The Hall–Kier alpha value is -0.120. The Morgan fingerprint density at radius 3 is 2.48 bits per heavy atom. The van der Waals surface area contributed by atoms with Gasteiger partial charge in [-0.2, -0.15) is 0 Å². The van der Waals surface area contributed by atoms with Crippen molar-refractivity contribution in [3.8, 4) is 0 Å². The number of rotatable bonds is 6. The van der Waals surface area contributed by atoms with E-state index >= 15 is 0 Å².